The number of thiophene rings is 1. The lowest BCUT2D eigenvalue weighted by Crippen LogP contribution is -2.28. The molecule has 0 unspecified atom stereocenters. The van der Waals surface area contributed by atoms with Crippen molar-refractivity contribution in [3.05, 3.63) is 51.7 Å². The Morgan fingerprint density at radius 3 is 2.65 bits per heavy atom. The van der Waals surface area contributed by atoms with Gasteiger partial charge in [0.05, 0.1) is 25.6 Å². The zero-order chi connectivity index (χ0) is 18.9. The van der Waals surface area contributed by atoms with Gasteiger partial charge < -0.3 is 14.8 Å². The predicted molar refractivity (Wildman–Crippen MR) is 98.4 cm³/mol. The van der Waals surface area contributed by atoms with Crippen molar-refractivity contribution in [2.75, 3.05) is 13.7 Å². The van der Waals surface area contributed by atoms with Crippen molar-refractivity contribution in [1.29, 1.82) is 0 Å². The number of hydrogen-bond acceptors (Lipinski definition) is 6. The number of Topliss-reactive ketones (excluding diaryl/α,β-unsaturated/α-hetero) is 1. The van der Waals surface area contributed by atoms with E-state index in [0.717, 1.165) is 10.4 Å². The monoisotopic (exact) mass is 375 g/mol. The van der Waals surface area contributed by atoms with Gasteiger partial charge in [-0.3, -0.25) is 14.4 Å². The number of rotatable bonds is 9. The molecule has 0 aliphatic carbocycles. The molecule has 0 atom stereocenters. The van der Waals surface area contributed by atoms with E-state index in [0.29, 0.717) is 17.9 Å². The molecule has 0 saturated heterocycles. The second kappa shape index (κ2) is 9.72. The summed E-state index contributed by atoms with van der Waals surface area (Å²) in [6.07, 6.45) is -0.0937. The van der Waals surface area contributed by atoms with Gasteiger partial charge in [-0.1, -0.05) is 17.7 Å². The first kappa shape index (κ1) is 19.7. The average molecular weight is 375 g/mol. The summed E-state index contributed by atoms with van der Waals surface area (Å²) in [6.45, 7) is 1.92. The summed E-state index contributed by atoms with van der Waals surface area (Å²) in [5.74, 6) is -0.693. The highest BCUT2D eigenvalue weighted by atomic mass is 32.1. The number of carbonyl (C=O) groups excluding carboxylic acids is 3. The van der Waals surface area contributed by atoms with Gasteiger partial charge in [-0.25, -0.2) is 0 Å². The smallest absolute Gasteiger partial charge is 0.306 e. The third-order valence-corrected chi connectivity index (χ3v) is 4.49. The molecule has 1 aromatic heterocycles. The molecule has 0 aliphatic rings. The molecule has 0 radical (unpaired) electrons. The van der Waals surface area contributed by atoms with Gasteiger partial charge >= 0.3 is 5.97 Å². The Balaban J connectivity index is 1.73. The van der Waals surface area contributed by atoms with E-state index in [4.69, 9.17) is 9.47 Å². The van der Waals surface area contributed by atoms with Crippen LogP contribution < -0.4 is 10.1 Å². The molecule has 0 fully saturated rings. The van der Waals surface area contributed by atoms with Crippen molar-refractivity contribution in [1.82, 2.24) is 5.32 Å². The summed E-state index contributed by atoms with van der Waals surface area (Å²) in [6, 6.07) is 9.09. The third-order valence-electron chi connectivity index (χ3n) is 3.62. The van der Waals surface area contributed by atoms with E-state index in [1.807, 2.05) is 30.5 Å². The Kier molecular flexibility index (Phi) is 7.35. The van der Waals surface area contributed by atoms with Crippen LogP contribution in [0.1, 0.15) is 33.6 Å². The number of esters is 1. The SMILES string of the molecule is COc1ccc(C)cc1C(=O)CCC(=O)OCC(=O)NCc1cccs1. The van der Waals surface area contributed by atoms with Gasteiger partial charge in [0.2, 0.25) is 0 Å². The van der Waals surface area contributed by atoms with Crippen LogP contribution in [0.5, 0.6) is 5.75 Å². The standard InChI is InChI=1S/C19H21NO5S/c1-13-5-7-17(24-2)15(10-13)16(21)6-8-19(23)25-12-18(22)20-11-14-4-3-9-26-14/h3-5,7,9-10H,6,8,11-12H2,1-2H3,(H,20,22). The summed E-state index contributed by atoms with van der Waals surface area (Å²) in [7, 11) is 1.49. The van der Waals surface area contributed by atoms with Crippen LogP contribution in [0.3, 0.4) is 0 Å². The fraction of sp³-hybridized carbons (Fsp3) is 0.316. The lowest BCUT2D eigenvalue weighted by molar-refractivity contribution is -0.148. The summed E-state index contributed by atoms with van der Waals surface area (Å²) in [5, 5.41) is 4.58. The summed E-state index contributed by atoms with van der Waals surface area (Å²) in [4.78, 5) is 36.7. The van der Waals surface area contributed by atoms with E-state index in [-0.39, 0.29) is 31.1 Å². The number of carbonyl (C=O) groups is 3. The number of ketones is 1. The largest absolute Gasteiger partial charge is 0.496 e. The quantitative estimate of drug-likeness (QED) is 0.538. The number of benzene rings is 1. The first-order valence-corrected chi connectivity index (χ1v) is 9.00. The summed E-state index contributed by atoms with van der Waals surface area (Å²) in [5.41, 5.74) is 1.37. The van der Waals surface area contributed by atoms with Gasteiger partial charge in [0, 0.05) is 11.3 Å². The maximum Gasteiger partial charge on any atom is 0.306 e. The van der Waals surface area contributed by atoms with E-state index in [1.54, 1.807) is 12.1 Å². The highest BCUT2D eigenvalue weighted by Gasteiger charge is 2.15. The molecule has 26 heavy (non-hydrogen) atoms. The maximum atomic E-state index is 12.3. The molecule has 2 aromatic rings. The van der Waals surface area contributed by atoms with Crippen molar-refractivity contribution < 1.29 is 23.9 Å². The van der Waals surface area contributed by atoms with Crippen LogP contribution in [0.25, 0.3) is 0 Å². The molecule has 0 bridgehead atoms. The van der Waals surface area contributed by atoms with Crippen molar-refractivity contribution in [3.8, 4) is 5.75 Å². The van der Waals surface area contributed by atoms with E-state index in [1.165, 1.54) is 18.4 Å². The lowest BCUT2D eigenvalue weighted by Gasteiger charge is -2.09. The average Bonchev–Trinajstić information content (AvgIpc) is 3.16. The molecule has 1 N–H and O–H groups in total. The first-order valence-electron chi connectivity index (χ1n) is 8.12. The Bertz CT molecular complexity index is 770. The zero-order valence-electron chi connectivity index (χ0n) is 14.7. The van der Waals surface area contributed by atoms with Gasteiger partial charge in [0.25, 0.3) is 5.91 Å². The van der Waals surface area contributed by atoms with Gasteiger partial charge in [-0.05, 0) is 30.5 Å². The molecule has 0 aliphatic heterocycles. The number of nitrogens with one attached hydrogen (secondary N) is 1. The fourth-order valence-corrected chi connectivity index (χ4v) is 2.90. The molecule has 1 heterocycles. The van der Waals surface area contributed by atoms with Crippen molar-refractivity contribution in [2.24, 2.45) is 0 Å². The Hall–Kier alpha value is -2.67. The first-order chi connectivity index (χ1) is 12.5. The Labute approximate surface area is 156 Å². The van der Waals surface area contributed by atoms with Crippen LogP contribution in [0.4, 0.5) is 0 Å². The van der Waals surface area contributed by atoms with Gasteiger partial charge in [-0.15, -0.1) is 11.3 Å². The van der Waals surface area contributed by atoms with E-state index < -0.39 is 5.97 Å². The van der Waals surface area contributed by atoms with Gasteiger partial charge in [0.1, 0.15) is 5.75 Å². The molecule has 7 heteroatoms. The van der Waals surface area contributed by atoms with Crippen molar-refractivity contribution in [2.45, 2.75) is 26.3 Å². The van der Waals surface area contributed by atoms with Crippen LogP contribution in [0, 0.1) is 6.92 Å². The molecule has 6 nitrogen and oxygen atoms in total. The molecular formula is C19H21NO5S. The minimum absolute atomic E-state index is 0.00450. The zero-order valence-corrected chi connectivity index (χ0v) is 15.6. The molecule has 0 spiro atoms. The number of methoxy groups -OCH3 is 1. The molecule has 1 aromatic carbocycles. The molecule has 2 rings (SSSR count). The summed E-state index contributed by atoms with van der Waals surface area (Å²) < 4.78 is 10.1. The van der Waals surface area contributed by atoms with E-state index in [9.17, 15) is 14.4 Å². The van der Waals surface area contributed by atoms with E-state index in [2.05, 4.69) is 5.32 Å². The van der Waals surface area contributed by atoms with Crippen molar-refractivity contribution >= 4 is 29.0 Å². The number of aryl methyl sites for hydroxylation is 1. The van der Waals surface area contributed by atoms with Crippen molar-refractivity contribution in [3.63, 3.8) is 0 Å². The highest BCUT2D eigenvalue weighted by Crippen LogP contribution is 2.21. The van der Waals surface area contributed by atoms with Crippen LogP contribution in [0.2, 0.25) is 0 Å². The molecule has 138 valence electrons. The minimum Gasteiger partial charge on any atom is -0.496 e. The van der Waals surface area contributed by atoms with E-state index >= 15 is 0 Å². The van der Waals surface area contributed by atoms with Crippen LogP contribution in [0.15, 0.2) is 35.7 Å². The van der Waals surface area contributed by atoms with Crippen LogP contribution >= 0.6 is 11.3 Å². The third kappa shape index (κ3) is 6.00. The number of hydrogen-bond donors (Lipinski definition) is 1. The van der Waals surface area contributed by atoms with Crippen LogP contribution in [-0.4, -0.2) is 31.4 Å². The second-order valence-electron chi connectivity index (χ2n) is 5.64. The van der Waals surface area contributed by atoms with Gasteiger partial charge in [0.15, 0.2) is 12.4 Å². The number of amides is 1. The second-order valence-corrected chi connectivity index (χ2v) is 6.68. The van der Waals surface area contributed by atoms with Gasteiger partial charge in [-0.2, -0.15) is 0 Å². The Morgan fingerprint density at radius 1 is 1.15 bits per heavy atom. The normalized spacial score (nSPS) is 10.2. The summed E-state index contributed by atoms with van der Waals surface area (Å²) >= 11 is 1.53. The topological polar surface area (TPSA) is 81.7 Å². The molecule has 1 amide bonds. The molecular weight excluding hydrogens is 354 g/mol. The maximum absolute atomic E-state index is 12.3. The number of ether oxygens (including phenoxy) is 2. The minimum atomic E-state index is -0.587. The molecule has 0 saturated carbocycles. The lowest BCUT2D eigenvalue weighted by atomic mass is 10.0. The Morgan fingerprint density at radius 2 is 1.96 bits per heavy atom. The predicted octanol–water partition coefficient (Wildman–Crippen LogP) is 2.89. The fourth-order valence-electron chi connectivity index (χ4n) is 2.26. The highest BCUT2D eigenvalue weighted by molar-refractivity contribution is 7.09. The van der Waals surface area contributed by atoms with Crippen LogP contribution in [-0.2, 0) is 20.9 Å².